The van der Waals surface area contributed by atoms with Crippen molar-refractivity contribution in [2.75, 3.05) is 0 Å². The van der Waals surface area contributed by atoms with E-state index in [1.807, 2.05) is 23.6 Å². The van der Waals surface area contributed by atoms with Crippen LogP contribution in [-0.2, 0) is 0 Å². The van der Waals surface area contributed by atoms with Gasteiger partial charge in [-0.2, -0.15) is 0 Å². The van der Waals surface area contributed by atoms with Crippen LogP contribution in [0.4, 0.5) is 5.69 Å². The van der Waals surface area contributed by atoms with E-state index < -0.39 is 4.92 Å². The summed E-state index contributed by atoms with van der Waals surface area (Å²) in [5, 5.41) is 13.5. The van der Waals surface area contributed by atoms with Crippen LogP contribution in [0.2, 0.25) is 5.02 Å². The predicted octanol–water partition coefficient (Wildman–Crippen LogP) is 5.05. The van der Waals surface area contributed by atoms with Crippen molar-refractivity contribution in [3.05, 3.63) is 79.5 Å². The van der Waals surface area contributed by atoms with E-state index in [0.29, 0.717) is 21.2 Å². The fourth-order valence-corrected chi connectivity index (χ4v) is 4.90. The molecular weight excluding hydrogens is 392 g/mol. The smallest absolute Gasteiger partial charge is 0.258 e. The lowest BCUT2D eigenvalue weighted by molar-refractivity contribution is -0.588. The first kappa shape index (κ1) is 17.0. The van der Waals surface area contributed by atoms with E-state index in [2.05, 4.69) is 0 Å². The summed E-state index contributed by atoms with van der Waals surface area (Å²) in [6.07, 6.45) is 1.82. The molecule has 2 heterocycles. The van der Waals surface area contributed by atoms with Crippen LogP contribution in [0.3, 0.4) is 0 Å². The number of benzene rings is 2. The molecule has 26 heavy (non-hydrogen) atoms. The molecule has 0 saturated carbocycles. The van der Waals surface area contributed by atoms with Gasteiger partial charge >= 0.3 is 10.2 Å². The van der Waals surface area contributed by atoms with Crippen LogP contribution in [0.15, 0.2) is 63.2 Å². The summed E-state index contributed by atoms with van der Waals surface area (Å²) in [5.41, 5.74) is 2.19. The molecule has 1 aromatic heterocycles. The van der Waals surface area contributed by atoms with Crippen LogP contribution in [0.25, 0.3) is 17.3 Å². The average Bonchev–Trinajstić information content (AvgIpc) is 3.18. The molecule has 2 aromatic carbocycles. The largest absolute Gasteiger partial charge is 0.433 e. The number of hydrogen-bond donors (Lipinski definition) is 0. The van der Waals surface area contributed by atoms with Gasteiger partial charge in [-0.1, -0.05) is 41.1 Å². The second kappa shape index (κ2) is 6.68. The third-order valence-electron chi connectivity index (χ3n) is 3.83. The van der Waals surface area contributed by atoms with E-state index in [1.54, 1.807) is 28.8 Å². The molecule has 0 unspecified atom stereocenters. The number of non-ortho nitro benzene ring substituents is 1. The Morgan fingerprint density at radius 2 is 1.92 bits per heavy atom. The van der Waals surface area contributed by atoms with Crippen LogP contribution in [0, 0.1) is 10.1 Å². The summed E-state index contributed by atoms with van der Waals surface area (Å²) in [4.78, 5) is 24.0. The monoisotopic (exact) mass is 401 g/mol. The van der Waals surface area contributed by atoms with Crippen LogP contribution < -0.4 is 4.57 Å². The number of thioether (sulfide) groups is 1. The average molecular weight is 402 g/mol. The Balaban J connectivity index is 1.72. The van der Waals surface area contributed by atoms with Gasteiger partial charge in [0.2, 0.25) is 5.69 Å². The highest BCUT2D eigenvalue weighted by Crippen LogP contribution is 2.38. The minimum absolute atomic E-state index is 0.00178. The Kier molecular flexibility index (Phi) is 4.36. The Hall–Kier alpha value is -2.48. The van der Waals surface area contributed by atoms with Crippen LogP contribution >= 0.6 is 34.7 Å². The summed E-state index contributed by atoms with van der Waals surface area (Å²) in [6.45, 7) is 0. The molecule has 4 rings (SSSR count). The van der Waals surface area contributed by atoms with Gasteiger partial charge in [-0.25, -0.2) is 4.79 Å². The molecule has 1 aliphatic rings. The highest BCUT2D eigenvalue weighted by atomic mass is 35.5. The lowest BCUT2D eigenvalue weighted by Gasteiger charge is -1.96. The van der Waals surface area contributed by atoms with E-state index in [9.17, 15) is 14.9 Å². The maximum absolute atomic E-state index is 12.9. The number of halogens is 1. The molecule has 0 saturated heterocycles. The molecule has 5 nitrogen and oxygen atoms in total. The number of nitro groups is 1. The summed E-state index contributed by atoms with van der Waals surface area (Å²) < 4.78 is 2.44. The van der Waals surface area contributed by atoms with Gasteiger partial charge < -0.3 is 0 Å². The van der Waals surface area contributed by atoms with E-state index in [4.69, 9.17) is 11.6 Å². The molecule has 0 fully saturated rings. The van der Waals surface area contributed by atoms with Crippen molar-refractivity contribution < 1.29 is 14.3 Å². The second-order valence-electron chi connectivity index (χ2n) is 5.50. The molecule has 0 spiro atoms. The lowest BCUT2D eigenvalue weighted by atomic mass is 10.1. The highest BCUT2D eigenvalue weighted by molar-refractivity contribution is 8.05. The van der Waals surface area contributed by atoms with Gasteiger partial charge in [-0.3, -0.25) is 10.1 Å². The SMILES string of the molecule is O=C1/C(=C/c2ccc(Cl)cc2)Sc2scc(-c3cccc([N+](=O)[O-])c3)[n+]21. The zero-order valence-electron chi connectivity index (χ0n) is 13.1. The summed E-state index contributed by atoms with van der Waals surface area (Å²) in [6, 6.07) is 13.5. The number of carbonyl (C=O) groups excluding carboxylic acids is 1. The number of rotatable bonds is 3. The van der Waals surface area contributed by atoms with Gasteiger partial charge in [0.25, 0.3) is 5.69 Å². The van der Waals surface area contributed by atoms with Gasteiger partial charge in [0.15, 0.2) is 0 Å². The first-order valence-corrected chi connectivity index (χ1v) is 9.58. The van der Waals surface area contributed by atoms with Crippen molar-refractivity contribution in [1.82, 2.24) is 0 Å². The third-order valence-corrected chi connectivity index (χ3v) is 6.21. The van der Waals surface area contributed by atoms with Gasteiger partial charge in [0.05, 0.1) is 15.9 Å². The summed E-state index contributed by atoms with van der Waals surface area (Å²) >= 11 is 8.73. The number of fused-ring (bicyclic) bond motifs is 1. The van der Waals surface area contributed by atoms with Crippen molar-refractivity contribution in [3.63, 3.8) is 0 Å². The maximum Gasteiger partial charge on any atom is 0.433 e. The van der Waals surface area contributed by atoms with Gasteiger partial charge in [0.1, 0.15) is 4.91 Å². The van der Waals surface area contributed by atoms with Crippen LogP contribution in [0.5, 0.6) is 0 Å². The molecule has 3 aromatic rings. The fourth-order valence-electron chi connectivity index (χ4n) is 2.60. The van der Waals surface area contributed by atoms with Gasteiger partial charge in [-0.05, 0) is 29.8 Å². The first-order valence-electron chi connectivity index (χ1n) is 7.51. The Morgan fingerprint density at radius 1 is 1.15 bits per heavy atom. The Labute approximate surface area is 161 Å². The molecule has 8 heteroatoms. The third kappa shape index (κ3) is 3.05. The molecule has 128 valence electrons. The first-order chi connectivity index (χ1) is 12.5. The van der Waals surface area contributed by atoms with Gasteiger partial charge in [-0.15, -0.1) is 4.57 Å². The normalized spacial score (nSPS) is 14.7. The minimum atomic E-state index is -0.441. The van der Waals surface area contributed by atoms with Crippen LogP contribution in [0.1, 0.15) is 10.4 Å². The molecule has 0 radical (unpaired) electrons. The summed E-state index contributed by atoms with van der Waals surface area (Å²) in [7, 11) is 0. The Bertz CT molecular complexity index is 1070. The van der Waals surface area contributed by atoms with Gasteiger partial charge in [0, 0.05) is 28.9 Å². The lowest BCUT2D eigenvalue weighted by Crippen LogP contribution is -2.40. The topological polar surface area (TPSA) is 64.1 Å². The standard InChI is InChI=1S/C18H10ClN2O3S2/c19-13-6-4-11(5-7-13)8-16-17(22)20-15(10-25-18(20)26-16)12-2-1-3-14(9-12)21(23)24/h1-10H/q+1/b16-8-. The fraction of sp³-hybridized carbons (Fsp3) is 0. The molecular formula is C18H10ClN2O3S2+. The zero-order chi connectivity index (χ0) is 18.3. The number of carbonyl (C=O) groups is 1. The number of thiazole rings is 1. The van der Waals surface area contributed by atoms with E-state index in [1.165, 1.54) is 35.2 Å². The number of allylic oxidation sites excluding steroid dienone is 1. The van der Waals surface area contributed by atoms with Crippen molar-refractivity contribution in [3.8, 4) is 11.3 Å². The van der Waals surface area contributed by atoms with Crippen molar-refractivity contribution in [2.45, 2.75) is 4.34 Å². The number of aromatic nitrogens is 1. The minimum Gasteiger partial charge on any atom is -0.258 e. The quantitative estimate of drug-likeness (QED) is 0.266. The molecule has 0 aliphatic carbocycles. The molecule has 0 amide bonds. The van der Waals surface area contributed by atoms with Crippen molar-refractivity contribution in [1.29, 1.82) is 0 Å². The molecule has 1 aliphatic heterocycles. The summed E-state index contributed by atoms with van der Waals surface area (Å²) in [5.74, 6) is -0.136. The molecule has 0 atom stereocenters. The molecule has 0 N–H and O–H groups in total. The predicted molar refractivity (Wildman–Crippen MR) is 103 cm³/mol. The van der Waals surface area contributed by atoms with Crippen molar-refractivity contribution in [2.24, 2.45) is 0 Å². The zero-order valence-corrected chi connectivity index (χ0v) is 15.5. The number of hydrogen-bond acceptors (Lipinski definition) is 5. The maximum atomic E-state index is 12.9. The number of nitrogens with zero attached hydrogens (tertiary/aromatic N) is 2. The van der Waals surface area contributed by atoms with E-state index >= 15 is 0 Å². The van der Waals surface area contributed by atoms with E-state index in [-0.39, 0.29) is 11.6 Å². The van der Waals surface area contributed by atoms with E-state index in [0.717, 1.165) is 9.90 Å². The van der Waals surface area contributed by atoms with Crippen LogP contribution in [-0.4, -0.2) is 10.8 Å². The highest BCUT2D eigenvalue weighted by Gasteiger charge is 2.40. The number of nitro benzene ring substituents is 1. The Morgan fingerprint density at radius 3 is 2.65 bits per heavy atom. The molecule has 0 bridgehead atoms. The second-order valence-corrected chi connectivity index (χ2v) is 8.08. The van der Waals surface area contributed by atoms with Crippen molar-refractivity contribution >= 4 is 52.4 Å².